The summed E-state index contributed by atoms with van der Waals surface area (Å²) in [5, 5.41) is 11.6. The van der Waals surface area contributed by atoms with E-state index in [9.17, 15) is 9.59 Å². The van der Waals surface area contributed by atoms with Crippen LogP contribution in [-0.4, -0.2) is 23.5 Å². The summed E-state index contributed by atoms with van der Waals surface area (Å²) in [6, 6.07) is 1.38. The van der Waals surface area contributed by atoms with E-state index in [-0.39, 0.29) is 18.5 Å². The first kappa shape index (κ1) is 11.3. The molecule has 1 amide bonds. The molecule has 0 spiro atoms. The number of primary amides is 1. The van der Waals surface area contributed by atoms with Crippen molar-refractivity contribution in [3.05, 3.63) is 23.7 Å². The van der Waals surface area contributed by atoms with Gasteiger partial charge in [-0.3, -0.25) is 4.79 Å². The van der Waals surface area contributed by atoms with Crippen molar-refractivity contribution >= 4 is 11.9 Å². The highest BCUT2D eigenvalue weighted by Gasteiger charge is 2.12. The largest absolute Gasteiger partial charge is 0.478 e. The van der Waals surface area contributed by atoms with Crippen molar-refractivity contribution in [1.82, 2.24) is 5.32 Å². The van der Waals surface area contributed by atoms with Gasteiger partial charge in [-0.2, -0.15) is 0 Å². The topological polar surface area (TPSA) is 106 Å². The molecule has 0 radical (unpaired) electrons. The average Bonchev–Trinajstić information content (AvgIpc) is 2.60. The van der Waals surface area contributed by atoms with E-state index in [1.807, 2.05) is 0 Å². The second-order valence-electron chi connectivity index (χ2n) is 2.96. The number of hydrogen-bond acceptors (Lipinski definition) is 4. The van der Waals surface area contributed by atoms with Gasteiger partial charge in [0, 0.05) is 13.0 Å². The van der Waals surface area contributed by atoms with E-state index in [1.54, 1.807) is 0 Å². The minimum absolute atomic E-state index is 0.126. The Balaban J connectivity index is 2.40. The lowest BCUT2D eigenvalue weighted by atomic mass is 10.2. The van der Waals surface area contributed by atoms with Gasteiger partial charge in [0.05, 0.1) is 12.8 Å². The van der Waals surface area contributed by atoms with E-state index in [1.165, 1.54) is 12.3 Å². The number of carbonyl (C=O) groups is 2. The molecule has 82 valence electrons. The molecule has 0 saturated heterocycles. The Bertz CT molecular complexity index is 359. The standard InChI is InChI=1S/C9H12N2O4/c10-8(12)1-3-11-5-7-6(9(13)14)2-4-15-7/h2,4,11H,1,3,5H2,(H2,10,12)(H,13,14). The van der Waals surface area contributed by atoms with Crippen LogP contribution in [0.25, 0.3) is 0 Å². The van der Waals surface area contributed by atoms with Crippen LogP contribution in [-0.2, 0) is 11.3 Å². The number of carboxylic acid groups (broad SMARTS) is 1. The second-order valence-corrected chi connectivity index (χ2v) is 2.96. The molecule has 0 atom stereocenters. The summed E-state index contributed by atoms with van der Waals surface area (Å²) in [4.78, 5) is 21.1. The molecule has 0 aliphatic heterocycles. The van der Waals surface area contributed by atoms with Crippen molar-refractivity contribution in [2.24, 2.45) is 5.73 Å². The lowest BCUT2D eigenvalue weighted by Gasteiger charge is -2.01. The first-order chi connectivity index (χ1) is 7.11. The van der Waals surface area contributed by atoms with Gasteiger partial charge in [-0.1, -0.05) is 0 Å². The summed E-state index contributed by atoms with van der Waals surface area (Å²) in [6.07, 6.45) is 1.53. The number of hydrogen-bond donors (Lipinski definition) is 3. The maximum Gasteiger partial charge on any atom is 0.339 e. The van der Waals surface area contributed by atoms with Gasteiger partial charge in [0.25, 0.3) is 0 Å². The zero-order chi connectivity index (χ0) is 11.3. The van der Waals surface area contributed by atoms with Gasteiger partial charge < -0.3 is 20.6 Å². The molecule has 0 aromatic carbocycles. The lowest BCUT2D eigenvalue weighted by Crippen LogP contribution is -2.22. The Hall–Kier alpha value is -1.82. The van der Waals surface area contributed by atoms with Gasteiger partial charge in [0.2, 0.25) is 5.91 Å². The Morgan fingerprint density at radius 1 is 1.53 bits per heavy atom. The molecule has 0 aliphatic carbocycles. The number of aromatic carboxylic acids is 1. The summed E-state index contributed by atoms with van der Waals surface area (Å²) in [7, 11) is 0. The normalized spacial score (nSPS) is 10.1. The Labute approximate surface area is 86.1 Å². The predicted octanol–water partition coefficient (Wildman–Crippen LogP) is -0.0572. The summed E-state index contributed by atoms with van der Waals surface area (Å²) >= 11 is 0. The zero-order valence-corrected chi connectivity index (χ0v) is 8.03. The lowest BCUT2D eigenvalue weighted by molar-refractivity contribution is -0.117. The minimum atomic E-state index is -1.03. The first-order valence-corrected chi connectivity index (χ1v) is 4.40. The third kappa shape index (κ3) is 3.43. The number of amides is 1. The van der Waals surface area contributed by atoms with Crippen LogP contribution < -0.4 is 11.1 Å². The van der Waals surface area contributed by atoms with Gasteiger partial charge in [0.1, 0.15) is 11.3 Å². The summed E-state index contributed by atoms with van der Waals surface area (Å²) in [6.45, 7) is 0.664. The first-order valence-electron chi connectivity index (χ1n) is 4.40. The molecule has 15 heavy (non-hydrogen) atoms. The van der Waals surface area contributed by atoms with E-state index >= 15 is 0 Å². The van der Waals surface area contributed by atoms with Crippen molar-refractivity contribution in [1.29, 1.82) is 0 Å². The van der Waals surface area contributed by atoms with Crippen LogP contribution in [0.1, 0.15) is 22.5 Å². The number of furan rings is 1. The summed E-state index contributed by atoms with van der Waals surface area (Å²) in [5.41, 5.74) is 5.06. The van der Waals surface area contributed by atoms with E-state index in [2.05, 4.69) is 5.32 Å². The highest BCUT2D eigenvalue weighted by Crippen LogP contribution is 2.09. The van der Waals surface area contributed by atoms with Crippen molar-refractivity contribution in [2.75, 3.05) is 6.54 Å². The number of nitrogens with two attached hydrogens (primary N) is 1. The van der Waals surface area contributed by atoms with Gasteiger partial charge in [-0.15, -0.1) is 0 Å². The molecule has 1 rings (SSSR count). The number of carbonyl (C=O) groups excluding carboxylic acids is 1. The third-order valence-corrected chi connectivity index (χ3v) is 1.81. The average molecular weight is 212 g/mol. The fourth-order valence-electron chi connectivity index (χ4n) is 1.08. The van der Waals surface area contributed by atoms with Crippen LogP contribution in [0.2, 0.25) is 0 Å². The molecule has 0 aliphatic rings. The van der Waals surface area contributed by atoms with Crippen LogP contribution in [0, 0.1) is 0 Å². The van der Waals surface area contributed by atoms with Gasteiger partial charge in [-0.05, 0) is 6.07 Å². The smallest absolute Gasteiger partial charge is 0.339 e. The molecule has 1 aromatic rings. The summed E-state index contributed by atoms with van der Waals surface area (Å²) < 4.78 is 4.97. The van der Waals surface area contributed by atoms with Crippen molar-refractivity contribution in [3.63, 3.8) is 0 Å². The molecule has 6 heteroatoms. The molecule has 0 unspecified atom stereocenters. The molecule has 0 saturated carbocycles. The molecule has 6 nitrogen and oxygen atoms in total. The quantitative estimate of drug-likeness (QED) is 0.573. The number of rotatable bonds is 6. The maximum atomic E-state index is 10.7. The van der Waals surface area contributed by atoms with Crippen LogP contribution >= 0.6 is 0 Å². The van der Waals surface area contributed by atoms with E-state index < -0.39 is 11.9 Å². The Morgan fingerprint density at radius 2 is 2.27 bits per heavy atom. The molecule has 1 aromatic heterocycles. The van der Waals surface area contributed by atoms with Crippen LogP contribution in [0.15, 0.2) is 16.7 Å². The fraction of sp³-hybridized carbons (Fsp3) is 0.333. The fourth-order valence-corrected chi connectivity index (χ4v) is 1.08. The molecule has 0 fully saturated rings. The molecule has 0 bridgehead atoms. The van der Waals surface area contributed by atoms with Crippen LogP contribution in [0.5, 0.6) is 0 Å². The maximum absolute atomic E-state index is 10.7. The van der Waals surface area contributed by atoms with Gasteiger partial charge >= 0.3 is 5.97 Å². The SMILES string of the molecule is NC(=O)CCNCc1occc1C(=O)O. The van der Waals surface area contributed by atoms with Crippen LogP contribution in [0.3, 0.4) is 0 Å². The monoisotopic (exact) mass is 212 g/mol. The van der Waals surface area contributed by atoms with Gasteiger partial charge in [-0.25, -0.2) is 4.79 Å². The number of nitrogens with one attached hydrogen (secondary N) is 1. The highest BCUT2D eigenvalue weighted by molar-refractivity contribution is 5.88. The number of carboxylic acids is 1. The van der Waals surface area contributed by atoms with Crippen molar-refractivity contribution in [2.45, 2.75) is 13.0 Å². The second kappa shape index (κ2) is 5.16. The van der Waals surface area contributed by atoms with E-state index in [0.29, 0.717) is 12.3 Å². The Kier molecular flexibility index (Phi) is 3.87. The van der Waals surface area contributed by atoms with Crippen LogP contribution in [0.4, 0.5) is 0 Å². The zero-order valence-electron chi connectivity index (χ0n) is 8.03. The third-order valence-electron chi connectivity index (χ3n) is 1.81. The van der Waals surface area contributed by atoms with Crippen molar-refractivity contribution in [3.8, 4) is 0 Å². The van der Waals surface area contributed by atoms with Gasteiger partial charge in [0.15, 0.2) is 0 Å². The minimum Gasteiger partial charge on any atom is -0.478 e. The molecular formula is C9H12N2O4. The van der Waals surface area contributed by atoms with Crippen molar-refractivity contribution < 1.29 is 19.1 Å². The predicted molar refractivity (Wildman–Crippen MR) is 51.2 cm³/mol. The van der Waals surface area contributed by atoms with E-state index in [4.69, 9.17) is 15.3 Å². The molecule has 4 N–H and O–H groups in total. The highest BCUT2D eigenvalue weighted by atomic mass is 16.4. The molecule has 1 heterocycles. The summed E-state index contributed by atoms with van der Waals surface area (Å²) in [5.74, 6) is -1.09. The molecular weight excluding hydrogens is 200 g/mol. The Morgan fingerprint density at radius 3 is 2.87 bits per heavy atom. The van der Waals surface area contributed by atoms with E-state index in [0.717, 1.165) is 0 Å².